The number of imidazole rings is 1. The van der Waals surface area contributed by atoms with Crippen LogP contribution in [0.25, 0.3) is 0 Å². The Kier molecular flexibility index (Phi) is 10.7. The Morgan fingerprint density at radius 3 is 1.60 bits per heavy atom. The number of hydrogen-bond donors (Lipinski definition) is 8. The predicted octanol–water partition coefficient (Wildman–Crippen LogP) is -3.43. The van der Waals surface area contributed by atoms with Crippen LogP contribution in [-0.4, -0.2) is 78.3 Å². The monoisotopic (exact) mass is 366 g/mol. The van der Waals surface area contributed by atoms with Crippen molar-refractivity contribution in [3.63, 3.8) is 0 Å². The lowest BCUT2D eigenvalue weighted by atomic mass is 10.2. The molecule has 0 radical (unpaired) electrons. The van der Waals surface area contributed by atoms with Crippen LogP contribution in [0.15, 0.2) is 11.0 Å². The summed E-state index contributed by atoms with van der Waals surface area (Å²) in [5, 5.41) is 43.1. The number of aliphatic hydroxyl groups excluding tert-OH is 2. The number of nitrogens with two attached hydrogens (primary N) is 1. The summed E-state index contributed by atoms with van der Waals surface area (Å²) >= 11 is 0. The van der Waals surface area contributed by atoms with E-state index >= 15 is 0 Å². The number of primary amides is 1. The Bertz CT molecular complexity index is 646. The minimum absolute atomic E-state index is 0.0370. The molecule has 0 aromatic carbocycles. The number of carboxylic acids is 3. The van der Waals surface area contributed by atoms with Gasteiger partial charge >= 0.3 is 29.6 Å². The number of aromatic carboxylic acids is 1. The number of aliphatic carboxylic acids is 2. The number of carboxylic acid groups (broad SMARTS) is 3. The Morgan fingerprint density at radius 2 is 1.48 bits per heavy atom. The SMILES string of the molecule is CNC(N)=O.Cn1c(C(=O)O)c[nH]c1=O.O=C(O)[C@@H](O)[C@H](O)C(=O)O. The minimum atomic E-state index is -2.27. The Hall–Kier alpha value is -3.39. The fourth-order valence-electron chi connectivity index (χ4n) is 0.908. The number of carbonyl (C=O) groups excluding carboxylic acids is 1. The number of H-pyrrole nitrogens is 1. The lowest BCUT2D eigenvalue weighted by Crippen LogP contribution is -2.39. The zero-order chi connectivity index (χ0) is 20.3. The van der Waals surface area contributed by atoms with Gasteiger partial charge in [-0.15, -0.1) is 0 Å². The van der Waals surface area contributed by atoms with Crippen LogP contribution in [0.2, 0.25) is 0 Å². The van der Waals surface area contributed by atoms with Crippen molar-refractivity contribution in [2.45, 2.75) is 12.2 Å². The van der Waals surface area contributed by atoms with Gasteiger partial charge in [-0.3, -0.25) is 4.57 Å². The molecule has 1 rings (SSSR count). The molecule has 14 nitrogen and oxygen atoms in total. The highest BCUT2D eigenvalue weighted by Crippen LogP contribution is 1.92. The van der Waals surface area contributed by atoms with Crippen LogP contribution in [0, 0.1) is 0 Å². The van der Waals surface area contributed by atoms with E-state index in [4.69, 9.17) is 25.5 Å². The van der Waals surface area contributed by atoms with Gasteiger partial charge < -0.3 is 41.6 Å². The first-order valence-corrected chi connectivity index (χ1v) is 6.13. The van der Waals surface area contributed by atoms with Crippen LogP contribution in [0.5, 0.6) is 0 Å². The molecule has 0 spiro atoms. The molecule has 2 amide bonds. The number of rotatable bonds is 4. The molecule has 1 aromatic heterocycles. The minimum Gasteiger partial charge on any atom is -0.479 e. The molecule has 0 saturated heterocycles. The summed E-state index contributed by atoms with van der Waals surface area (Å²) in [5.41, 5.74) is 4.09. The molecule has 0 aliphatic carbocycles. The fourth-order valence-corrected chi connectivity index (χ4v) is 0.908. The smallest absolute Gasteiger partial charge is 0.354 e. The third-order valence-corrected chi connectivity index (χ3v) is 2.27. The van der Waals surface area contributed by atoms with Crippen molar-refractivity contribution < 1.29 is 44.7 Å². The van der Waals surface area contributed by atoms with Crippen LogP contribution >= 0.6 is 0 Å². The molecule has 0 aliphatic rings. The van der Waals surface area contributed by atoms with Gasteiger partial charge in [0.15, 0.2) is 12.2 Å². The van der Waals surface area contributed by atoms with Gasteiger partial charge in [0.25, 0.3) is 0 Å². The van der Waals surface area contributed by atoms with E-state index in [1.54, 1.807) is 0 Å². The maximum atomic E-state index is 10.6. The summed E-state index contributed by atoms with van der Waals surface area (Å²) in [6.45, 7) is 0. The number of urea groups is 1. The van der Waals surface area contributed by atoms with Gasteiger partial charge in [0.2, 0.25) is 0 Å². The van der Waals surface area contributed by atoms with E-state index in [0.29, 0.717) is 0 Å². The van der Waals surface area contributed by atoms with Crippen molar-refractivity contribution >= 4 is 23.9 Å². The molecule has 1 aromatic rings. The quantitative estimate of drug-likeness (QED) is 0.262. The van der Waals surface area contributed by atoms with Crippen molar-refractivity contribution in [1.82, 2.24) is 14.9 Å². The molecular formula is C11H18N4O10. The van der Waals surface area contributed by atoms with Gasteiger partial charge in [-0.25, -0.2) is 24.0 Å². The highest BCUT2D eigenvalue weighted by molar-refractivity contribution is 5.85. The normalized spacial score (nSPS) is 11.5. The fraction of sp³-hybridized carbons (Fsp3) is 0.364. The molecule has 1 heterocycles. The van der Waals surface area contributed by atoms with Gasteiger partial charge in [0.05, 0.1) is 0 Å². The number of hydrogen-bond acceptors (Lipinski definition) is 7. The van der Waals surface area contributed by atoms with Gasteiger partial charge in [-0.1, -0.05) is 0 Å². The molecule has 0 saturated carbocycles. The van der Waals surface area contributed by atoms with Crippen LogP contribution in [0.1, 0.15) is 10.5 Å². The topological polar surface area (TPSA) is 245 Å². The van der Waals surface area contributed by atoms with E-state index in [1.165, 1.54) is 14.1 Å². The van der Waals surface area contributed by atoms with Crippen molar-refractivity contribution in [3.8, 4) is 0 Å². The number of aromatic amines is 1. The highest BCUT2D eigenvalue weighted by Gasteiger charge is 2.29. The van der Waals surface area contributed by atoms with E-state index in [9.17, 15) is 24.0 Å². The van der Waals surface area contributed by atoms with Crippen molar-refractivity contribution in [2.75, 3.05) is 7.05 Å². The standard InChI is InChI=1S/C5H6N2O3.C4H6O6.C2H6N2O/c1-7-3(4(8)9)2-6-5(7)10;5-1(3(7)8)2(6)4(9)10;1-4-2(3)5/h2H,1H3,(H,6,10)(H,8,9);1-2,5-6H,(H,7,8)(H,9,10);1H3,(H3,3,4,5)/t;1-,2-;/m.0./s1. The largest absolute Gasteiger partial charge is 0.479 e. The number of nitrogens with zero attached hydrogens (tertiary/aromatic N) is 1. The third-order valence-electron chi connectivity index (χ3n) is 2.27. The first kappa shape index (κ1) is 23.9. The van der Waals surface area contributed by atoms with Crippen molar-refractivity contribution in [2.24, 2.45) is 12.8 Å². The summed E-state index contributed by atoms with van der Waals surface area (Å²) in [6, 6.07) is -0.495. The average Bonchev–Trinajstić information content (AvgIpc) is 2.86. The molecule has 0 fully saturated rings. The van der Waals surface area contributed by atoms with Crippen molar-refractivity contribution in [1.29, 1.82) is 0 Å². The highest BCUT2D eigenvalue weighted by atomic mass is 16.4. The molecule has 0 bridgehead atoms. The summed E-state index contributed by atoms with van der Waals surface area (Å²) in [6.07, 6.45) is -3.38. The first-order chi connectivity index (χ1) is 11.4. The molecule has 2 atom stereocenters. The van der Waals surface area contributed by atoms with E-state index < -0.39 is 41.8 Å². The van der Waals surface area contributed by atoms with Gasteiger partial charge in [-0.2, -0.15) is 0 Å². The average molecular weight is 366 g/mol. The van der Waals surface area contributed by atoms with E-state index in [2.05, 4.69) is 16.0 Å². The second-order valence-electron chi connectivity index (χ2n) is 4.02. The number of aromatic nitrogens is 2. The maximum Gasteiger partial charge on any atom is 0.354 e. The van der Waals surface area contributed by atoms with Crippen molar-refractivity contribution in [3.05, 3.63) is 22.4 Å². The van der Waals surface area contributed by atoms with Gasteiger partial charge in [0.1, 0.15) is 5.69 Å². The molecular weight excluding hydrogens is 348 g/mol. The van der Waals surface area contributed by atoms with Crippen LogP contribution in [0.3, 0.4) is 0 Å². The zero-order valence-electron chi connectivity index (χ0n) is 13.0. The lowest BCUT2D eigenvalue weighted by molar-refractivity contribution is -0.165. The summed E-state index contributed by atoms with van der Waals surface area (Å²) in [4.78, 5) is 52.1. The van der Waals surface area contributed by atoms with Crippen LogP contribution in [0.4, 0.5) is 4.79 Å². The number of amides is 2. The van der Waals surface area contributed by atoms with Crippen LogP contribution < -0.4 is 16.7 Å². The molecule has 25 heavy (non-hydrogen) atoms. The maximum absolute atomic E-state index is 10.6. The van der Waals surface area contributed by atoms with Crippen LogP contribution in [-0.2, 0) is 16.6 Å². The molecule has 14 heteroatoms. The second kappa shape index (κ2) is 11.2. The Balaban J connectivity index is 0. The Morgan fingerprint density at radius 1 is 1.12 bits per heavy atom. The summed E-state index contributed by atoms with van der Waals surface area (Å²) < 4.78 is 1.03. The molecule has 142 valence electrons. The number of nitrogens with one attached hydrogen (secondary N) is 2. The summed E-state index contributed by atoms with van der Waals surface area (Å²) in [7, 11) is 2.87. The lowest BCUT2D eigenvalue weighted by Gasteiger charge is -2.07. The molecule has 0 aliphatic heterocycles. The summed E-state index contributed by atoms with van der Waals surface area (Å²) in [5.74, 6) is -4.65. The van der Waals surface area contributed by atoms with Gasteiger partial charge in [0, 0.05) is 20.3 Å². The van der Waals surface area contributed by atoms with E-state index in [-0.39, 0.29) is 5.69 Å². The predicted molar refractivity (Wildman–Crippen MR) is 78.9 cm³/mol. The Labute approximate surface area is 139 Å². The molecule has 9 N–H and O–H groups in total. The third kappa shape index (κ3) is 9.36. The number of aliphatic hydroxyl groups is 2. The van der Waals surface area contributed by atoms with E-state index in [1.807, 2.05) is 0 Å². The molecule has 0 unspecified atom stereocenters. The van der Waals surface area contributed by atoms with Gasteiger partial charge in [-0.05, 0) is 0 Å². The zero-order valence-corrected chi connectivity index (χ0v) is 13.0. The van der Waals surface area contributed by atoms with E-state index in [0.717, 1.165) is 10.8 Å². The first-order valence-electron chi connectivity index (χ1n) is 6.13. The second-order valence-corrected chi connectivity index (χ2v) is 4.02. The number of carbonyl (C=O) groups is 4.